The average Bonchev–Trinajstić information content (AvgIpc) is 2.15. The van der Waals surface area contributed by atoms with Crippen LogP contribution in [0, 0.1) is 29.3 Å². The normalized spacial score (nSPS) is 9.60. The molecular weight excluding hydrogens is 225 g/mol. The minimum Gasteiger partial charge on any atom is -0.207 e. The maximum absolute atomic E-state index is 13.0. The predicted octanol–water partition coefficient (Wildman–Crippen LogP) is 3.47. The van der Waals surface area contributed by atoms with Gasteiger partial charge in [-0.1, -0.05) is 11.8 Å². The van der Waals surface area contributed by atoms with E-state index in [-0.39, 0.29) is 0 Å². The molecule has 0 amide bonds. The van der Waals surface area contributed by atoms with Gasteiger partial charge in [0.1, 0.15) is 17.5 Å². The maximum Gasteiger partial charge on any atom is 0.144 e. The molecule has 0 saturated heterocycles. The van der Waals surface area contributed by atoms with Crippen LogP contribution in [0.15, 0.2) is 12.1 Å². The van der Waals surface area contributed by atoms with Crippen molar-refractivity contribution in [2.75, 3.05) is 5.88 Å². The van der Waals surface area contributed by atoms with E-state index in [1.807, 2.05) is 0 Å². The summed E-state index contributed by atoms with van der Waals surface area (Å²) in [4.78, 5) is 0. The molecule has 0 aliphatic heterocycles. The fourth-order valence-corrected chi connectivity index (χ4v) is 1.10. The Balaban J connectivity index is 2.88. The lowest BCUT2D eigenvalue weighted by Gasteiger charge is -1.96. The van der Waals surface area contributed by atoms with Crippen molar-refractivity contribution >= 4 is 11.6 Å². The molecule has 0 aliphatic rings. The zero-order valence-corrected chi connectivity index (χ0v) is 8.54. The first kappa shape index (κ1) is 11.9. The van der Waals surface area contributed by atoms with Crippen LogP contribution >= 0.6 is 11.6 Å². The Kier molecular flexibility index (Phi) is 4.51. The van der Waals surface area contributed by atoms with Crippen molar-refractivity contribution in [1.82, 2.24) is 0 Å². The highest BCUT2D eigenvalue weighted by Crippen LogP contribution is 2.13. The molecule has 0 unspecified atom stereocenters. The van der Waals surface area contributed by atoms with E-state index in [1.165, 1.54) is 0 Å². The number of benzene rings is 1. The van der Waals surface area contributed by atoms with E-state index in [4.69, 9.17) is 11.6 Å². The molecule has 4 heteroatoms. The summed E-state index contributed by atoms with van der Waals surface area (Å²) in [5.41, 5.74) is -0.397. The monoisotopic (exact) mass is 232 g/mol. The zero-order valence-electron chi connectivity index (χ0n) is 7.79. The van der Waals surface area contributed by atoms with Crippen LogP contribution in [0.2, 0.25) is 0 Å². The fraction of sp³-hybridized carbons (Fsp3) is 0.273. The topological polar surface area (TPSA) is 0 Å². The van der Waals surface area contributed by atoms with Crippen molar-refractivity contribution < 1.29 is 13.2 Å². The third-order valence-corrected chi connectivity index (χ3v) is 1.92. The highest BCUT2D eigenvalue weighted by Gasteiger charge is 2.08. The van der Waals surface area contributed by atoms with Crippen molar-refractivity contribution in [2.24, 2.45) is 0 Å². The maximum atomic E-state index is 13.0. The van der Waals surface area contributed by atoms with Gasteiger partial charge in [0.25, 0.3) is 0 Å². The molecule has 0 aromatic heterocycles. The summed E-state index contributed by atoms with van der Waals surface area (Å²) < 4.78 is 38.5. The lowest BCUT2D eigenvalue weighted by molar-refractivity contribution is 0.539. The molecule has 0 bridgehead atoms. The second-order valence-corrected chi connectivity index (χ2v) is 3.22. The standard InChI is InChI=1S/C11H8ClF3/c12-5-3-1-2-4-9-10(14)6-8(13)7-11(9)15/h6-7H,1,3,5H2. The van der Waals surface area contributed by atoms with Crippen molar-refractivity contribution in [2.45, 2.75) is 12.8 Å². The molecule has 0 heterocycles. The summed E-state index contributed by atoms with van der Waals surface area (Å²) in [7, 11) is 0. The third kappa shape index (κ3) is 3.49. The van der Waals surface area contributed by atoms with E-state index in [9.17, 15) is 13.2 Å². The summed E-state index contributed by atoms with van der Waals surface area (Å²) in [6.45, 7) is 0. The van der Waals surface area contributed by atoms with Crippen molar-refractivity contribution in [1.29, 1.82) is 0 Å². The van der Waals surface area contributed by atoms with Crippen molar-refractivity contribution in [3.8, 4) is 11.8 Å². The van der Waals surface area contributed by atoms with E-state index in [0.717, 1.165) is 0 Å². The number of alkyl halides is 1. The predicted molar refractivity (Wildman–Crippen MR) is 53.1 cm³/mol. The van der Waals surface area contributed by atoms with Gasteiger partial charge in [0.2, 0.25) is 0 Å². The Morgan fingerprint density at radius 1 is 1.13 bits per heavy atom. The lowest BCUT2D eigenvalue weighted by Crippen LogP contribution is -1.92. The van der Waals surface area contributed by atoms with Crippen LogP contribution in [-0.2, 0) is 0 Å². The molecule has 0 saturated carbocycles. The van der Waals surface area contributed by atoms with Crippen LogP contribution in [0.5, 0.6) is 0 Å². The molecule has 0 spiro atoms. The summed E-state index contributed by atoms with van der Waals surface area (Å²) in [5, 5.41) is 0. The second-order valence-electron chi connectivity index (χ2n) is 2.84. The molecule has 1 rings (SSSR count). The summed E-state index contributed by atoms with van der Waals surface area (Å²) in [6.07, 6.45) is 1.11. The second kappa shape index (κ2) is 5.67. The Hall–Kier alpha value is -1.14. The highest BCUT2D eigenvalue weighted by molar-refractivity contribution is 6.17. The largest absolute Gasteiger partial charge is 0.207 e. The van der Waals surface area contributed by atoms with Gasteiger partial charge < -0.3 is 0 Å². The molecule has 0 nitrogen and oxygen atoms in total. The molecule has 0 atom stereocenters. The zero-order chi connectivity index (χ0) is 11.3. The number of hydrogen-bond acceptors (Lipinski definition) is 0. The number of hydrogen-bond donors (Lipinski definition) is 0. The van der Waals surface area contributed by atoms with Gasteiger partial charge in [-0.2, -0.15) is 0 Å². The van der Waals surface area contributed by atoms with Crippen molar-refractivity contribution in [3.63, 3.8) is 0 Å². The fourth-order valence-electron chi connectivity index (χ4n) is 0.968. The number of halogens is 4. The molecule has 0 N–H and O–H groups in total. The van der Waals surface area contributed by atoms with E-state index >= 15 is 0 Å². The van der Waals surface area contributed by atoms with E-state index in [2.05, 4.69) is 11.8 Å². The van der Waals surface area contributed by atoms with E-state index in [0.29, 0.717) is 30.9 Å². The summed E-state index contributed by atoms with van der Waals surface area (Å²) in [5.74, 6) is 2.42. The molecule has 1 aromatic carbocycles. The van der Waals surface area contributed by atoms with Crippen LogP contribution in [0.1, 0.15) is 18.4 Å². The van der Waals surface area contributed by atoms with E-state index in [1.54, 1.807) is 0 Å². The third-order valence-electron chi connectivity index (χ3n) is 1.66. The highest BCUT2D eigenvalue weighted by atomic mass is 35.5. The molecule has 0 fully saturated rings. The van der Waals surface area contributed by atoms with E-state index < -0.39 is 23.0 Å². The van der Waals surface area contributed by atoms with Crippen LogP contribution in [0.4, 0.5) is 13.2 Å². The molecular formula is C11H8ClF3. The van der Waals surface area contributed by atoms with Gasteiger partial charge in [-0.05, 0) is 6.42 Å². The molecule has 0 aliphatic carbocycles. The molecule has 15 heavy (non-hydrogen) atoms. The number of rotatable bonds is 2. The van der Waals surface area contributed by atoms with Gasteiger partial charge >= 0.3 is 0 Å². The lowest BCUT2D eigenvalue weighted by atomic mass is 10.2. The summed E-state index contributed by atoms with van der Waals surface area (Å²) in [6, 6.07) is 1.21. The summed E-state index contributed by atoms with van der Waals surface area (Å²) >= 11 is 5.40. The van der Waals surface area contributed by atoms with Gasteiger partial charge in [0.05, 0.1) is 5.56 Å². The Bertz CT molecular complexity index is 381. The first-order chi connectivity index (χ1) is 7.15. The minimum absolute atomic E-state index is 0.397. The van der Waals surface area contributed by atoms with Crippen LogP contribution in [-0.4, -0.2) is 5.88 Å². The molecule has 0 radical (unpaired) electrons. The first-order valence-electron chi connectivity index (χ1n) is 4.34. The molecule has 1 aromatic rings. The van der Waals surface area contributed by atoms with Gasteiger partial charge in [0.15, 0.2) is 0 Å². The molecule has 80 valence electrons. The van der Waals surface area contributed by atoms with Gasteiger partial charge in [-0.15, -0.1) is 11.6 Å². The Morgan fingerprint density at radius 3 is 2.27 bits per heavy atom. The quantitative estimate of drug-likeness (QED) is 0.416. The number of unbranched alkanes of at least 4 members (excludes halogenated alkanes) is 1. The van der Waals surface area contributed by atoms with Crippen LogP contribution in [0.25, 0.3) is 0 Å². The van der Waals surface area contributed by atoms with Gasteiger partial charge in [0, 0.05) is 24.4 Å². The van der Waals surface area contributed by atoms with Gasteiger partial charge in [-0.3, -0.25) is 0 Å². The van der Waals surface area contributed by atoms with Crippen LogP contribution < -0.4 is 0 Å². The minimum atomic E-state index is -0.981. The van der Waals surface area contributed by atoms with Gasteiger partial charge in [-0.25, -0.2) is 13.2 Å². The average molecular weight is 233 g/mol. The first-order valence-corrected chi connectivity index (χ1v) is 4.88. The van der Waals surface area contributed by atoms with Crippen molar-refractivity contribution in [3.05, 3.63) is 35.1 Å². The Morgan fingerprint density at radius 2 is 1.73 bits per heavy atom. The smallest absolute Gasteiger partial charge is 0.144 e. The SMILES string of the molecule is Fc1cc(F)c(C#CCCCCl)c(F)c1. The van der Waals surface area contributed by atoms with Crippen LogP contribution in [0.3, 0.4) is 0 Å². The Labute approximate surface area is 91.1 Å².